The molecule has 21 heavy (non-hydrogen) atoms. The predicted octanol–water partition coefficient (Wildman–Crippen LogP) is 1.32. The van der Waals surface area contributed by atoms with Crippen LogP contribution in [0.4, 0.5) is 0 Å². The largest absolute Gasteiger partial charge is 0.491 e. The molecule has 0 aliphatic heterocycles. The fourth-order valence-corrected chi connectivity index (χ4v) is 1.80. The highest BCUT2D eigenvalue weighted by Crippen LogP contribution is 2.23. The maximum absolute atomic E-state index is 10.7. The Labute approximate surface area is 123 Å². The molecule has 0 radical (unpaired) electrons. The van der Waals surface area contributed by atoms with Gasteiger partial charge in [0.05, 0.1) is 12.7 Å². The van der Waals surface area contributed by atoms with Crippen molar-refractivity contribution in [2.75, 3.05) is 13.2 Å². The first kappa shape index (κ1) is 17.2. The zero-order valence-electron chi connectivity index (χ0n) is 11.7. The predicted molar refractivity (Wildman–Crippen MR) is 76.9 cm³/mol. The average Bonchev–Trinajstić information content (AvgIpc) is 2.52. The van der Waals surface area contributed by atoms with Gasteiger partial charge in [-0.3, -0.25) is 10.0 Å². The van der Waals surface area contributed by atoms with Crippen LogP contribution in [0, 0.1) is 0 Å². The van der Waals surface area contributed by atoms with Crippen molar-refractivity contribution in [3.63, 3.8) is 0 Å². The Morgan fingerprint density at radius 3 is 2.95 bits per heavy atom. The normalized spacial score (nSPS) is 12.3. The summed E-state index contributed by atoms with van der Waals surface area (Å²) in [7, 11) is 0. The standard InChI is InChI=1S/C15H21NO5/c17-9-10-21-13-6-4-5-12(11-13)14(18)7-2-1-3-8-15(19)16-20/h3-6,8,11,14,17-18,20H,1-2,7,9-10H2,(H,16,19)/b8-3+/t14-/m0/s1. The number of hydroxylamine groups is 1. The van der Waals surface area contributed by atoms with Crippen LogP contribution < -0.4 is 10.2 Å². The first-order valence-electron chi connectivity index (χ1n) is 6.79. The lowest BCUT2D eigenvalue weighted by Gasteiger charge is -2.12. The third-order valence-corrected chi connectivity index (χ3v) is 2.83. The SMILES string of the molecule is O=C(/C=C/CCC[C@H](O)c1cccc(OCCO)c1)NO. The maximum atomic E-state index is 10.7. The minimum absolute atomic E-state index is 0.0550. The fraction of sp³-hybridized carbons (Fsp3) is 0.400. The summed E-state index contributed by atoms with van der Waals surface area (Å²) in [5, 5.41) is 27.1. The Balaban J connectivity index is 2.39. The number of unbranched alkanes of at least 4 members (excludes halogenated alkanes) is 1. The number of aliphatic hydroxyl groups excluding tert-OH is 2. The first-order chi connectivity index (χ1) is 10.2. The van der Waals surface area contributed by atoms with Gasteiger partial charge < -0.3 is 14.9 Å². The lowest BCUT2D eigenvalue weighted by atomic mass is 10.0. The quantitative estimate of drug-likeness (QED) is 0.238. The summed E-state index contributed by atoms with van der Waals surface area (Å²) >= 11 is 0. The van der Waals surface area contributed by atoms with E-state index >= 15 is 0 Å². The van der Waals surface area contributed by atoms with Gasteiger partial charge in [-0.1, -0.05) is 18.2 Å². The van der Waals surface area contributed by atoms with Crippen LogP contribution in [0.15, 0.2) is 36.4 Å². The molecule has 0 spiro atoms. The van der Waals surface area contributed by atoms with Gasteiger partial charge in [-0.2, -0.15) is 0 Å². The third kappa shape index (κ3) is 6.89. The Kier molecular flexibility index (Phi) is 8.11. The van der Waals surface area contributed by atoms with Gasteiger partial charge in [-0.05, 0) is 37.0 Å². The number of benzene rings is 1. The Hall–Kier alpha value is -1.89. The average molecular weight is 295 g/mol. The van der Waals surface area contributed by atoms with Crippen LogP contribution in [0.25, 0.3) is 0 Å². The van der Waals surface area contributed by atoms with E-state index in [2.05, 4.69) is 0 Å². The van der Waals surface area contributed by atoms with E-state index in [1.807, 2.05) is 6.07 Å². The Bertz CT molecular complexity index is 461. The summed E-state index contributed by atoms with van der Waals surface area (Å²) in [5.41, 5.74) is 2.26. The van der Waals surface area contributed by atoms with E-state index in [4.69, 9.17) is 15.1 Å². The third-order valence-electron chi connectivity index (χ3n) is 2.83. The molecule has 0 saturated carbocycles. The molecule has 0 bridgehead atoms. The molecule has 116 valence electrons. The summed E-state index contributed by atoms with van der Waals surface area (Å²) in [4.78, 5) is 10.7. The molecule has 0 fully saturated rings. The van der Waals surface area contributed by atoms with Crippen LogP contribution >= 0.6 is 0 Å². The van der Waals surface area contributed by atoms with Gasteiger partial charge in [-0.15, -0.1) is 0 Å². The lowest BCUT2D eigenvalue weighted by molar-refractivity contribution is -0.124. The molecule has 0 aliphatic rings. The fourth-order valence-electron chi connectivity index (χ4n) is 1.80. The number of hydrogen-bond donors (Lipinski definition) is 4. The topological polar surface area (TPSA) is 99.0 Å². The minimum Gasteiger partial charge on any atom is -0.491 e. The second-order valence-electron chi connectivity index (χ2n) is 4.47. The number of aliphatic hydroxyl groups is 2. The molecule has 6 nitrogen and oxygen atoms in total. The van der Waals surface area contributed by atoms with Gasteiger partial charge in [0, 0.05) is 6.08 Å². The molecule has 4 N–H and O–H groups in total. The van der Waals surface area contributed by atoms with E-state index in [0.29, 0.717) is 25.0 Å². The molecule has 1 amide bonds. The Morgan fingerprint density at radius 1 is 1.43 bits per heavy atom. The van der Waals surface area contributed by atoms with E-state index in [1.54, 1.807) is 24.3 Å². The summed E-state index contributed by atoms with van der Waals surface area (Å²) in [6.07, 6.45) is 4.16. The van der Waals surface area contributed by atoms with E-state index in [-0.39, 0.29) is 13.2 Å². The van der Waals surface area contributed by atoms with Crippen LogP contribution in [-0.4, -0.2) is 34.5 Å². The molecule has 1 aromatic carbocycles. The Morgan fingerprint density at radius 2 is 2.24 bits per heavy atom. The number of nitrogens with one attached hydrogen (secondary N) is 1. The van der Waals surface area contributed by atoms with Crippen molar-refractivity contribution >= 4 is 5.91 Å². The van der Waals surface area contributed by atoms with Gasteiger partial charge in [0.15, 0.2) is 0 Å². The molecule has 0 aliphatic carbocycles. The summed E-state index contributed by atoms with van der Waals surface area (Å²) in [6, 6.07) is 7.11. The van der Waals surface area contributed by atoms with Gasteiger partial charge in [0.2, 0.25) is 0 Å². The van der Waals surface area contributed by atoms with Crippen molar-refractivity contribution in [3.05, 3.63) is 42.0 Å². The van der Waals surface area contributed by atoms with Crippen molar-refractivity contribution in [2.24, 2.45) is 0 Å². The summed E-state index contributed by atoms with van der Waals surface area (Å²) in [6.45, 7) is 0.164. The summed E-state index contributed by atoms with van der Waals surface area (Å²) in [5.74, 6) is 0.0457. The molecular weight excluding hydrogens is 274 g/mol. The van der Waals surface area contributed by atoms with E-state index in [9.17, 15) is 9.90 Å². The number of carbonyl (C=O) groups excluding carboxylic acids is 1. The second-order valence-corrected chi connectivity index (χ2v) is 4.47. The van der Waals surface area contributed by atoms with Crippen LogP contribution in [0.2, 0.25) is 0 Å². The number of amides is 1. The van der Waals surface area contributed by atoms with Crippen LogP contribution in [0.5, 0.6) is 5.75 Å². The second kappa shape index (κ2) is 9.93. The molecule has 0 heterocycles. The van der Waals surface area contributed by atoms with Crippen molar-refractivity contribution < 1.29 is 25.0 Å². The van der Waals surface area contributed by atoms with E-state index in [0.717, 1.165) is 5.56 Å². The van der Waals surface area contributed by atoms with Gasteiger partial charge >= 0.3 is 0 Å². The highest BCUT2D eigenvalue weighted by Gasteiger charge is 2.08. The highest BCUT2D eigenvalue weighted by atomic mass is 16.5. The highest BCUT2D eigenvalue weighted by molar-refractivity contribution is 5.86. The van der Waals surface area contributed by atoms with E-state index in [1.165, 1.54) is 11.6 Å². The minimum atomic E-state index is -0.609. The lowest BCUT2D eigenvalue weighted by Crippen LogP contribution is -2.14. The number of allylic oxidation sites excluding steroid dienone is 1. The molecule has 0 aromatic heterocycles. The summed E-state index contributed by atoms with van der Waals surface area (Å²) < 4.78 is 5.29. The zero-order chi connectivity index (χ0) is 15.5. The number of ether oxygens (including phenoxy) is 1. The van der Waals surface area contributed by atoms with Gasteiger partial charge in [-0.25, -0.2) is 5.48 Å². The molecule has 1 atom stereocenters. The zero-order valence-corrected chi connectivity index (χ0v) is 11.7. The molecule has 1 rings (SSSR count). The van der Waals surface area contributed by atoms with Crippen molar-refractivity contribution in [3.8, 4) is 5.75 Å². The van der Waals surface area contributed by atoms with Gasteiger partial charge in [0.25, 0.3) is 5.91 Å². The van der Waals surface area contributed by atoms with Crippen LogP contribution in [0.1, 0.15) is 30.9 Å². The first-order valence-corrected chi connectivity index (χ1v) is 6.79. The smallest absolute Gasteiger partial charge is 0.267 e. The molecule has 6 heteroatoms. The number of rotatable bonds is 9. The monoisotopic (exact) mass is 295 g/mol. The molecular formula is C15H21NO5. The van der Waals surface area contributed by atoms with Crippen molar-refractivity contribution in [1.29, 1.82) is 0 Å². The molecule has 0 unspecified atom stereocenters. The number of hydrogen-bond acceptors (Lipinski definition) is 5. The van der Waals surface area contributed by atoms with Crippen LogP contribution in [-0.2, 0) is 4.79 Å². The van der Waals surface area contributed by atoms with E-state index < -0.39 is 12.0 Å². The van der Waals surface area contributed by atoms with Crippen molar-refractivity contribution in [1.82, 2.24) is 5.48 Å². The molecule has 0 saturated heterocycles. The molecule has 1 aromatic rings. The number of carbonyl (C=O) groups is 1. The van der Waals surface area contributed by atoms with Gasteiger partial charge in [0.1, 0.15) is 12.4 Å². The van der Waals surface area contributed by atoms with Crippen molar-refractivity contribution in [2.45, 2.75) is 25.4 Å². The van der Waals surface area contributed by atoms with Crippen LogP contribution in [0.3, 0.4) is 0 Å². The maximum Gasteiger partial charge on any atom is 0.267 e.